The maximum Gasteiger partial charge on any atom is 0.231 e. The summed E-state index contributed by atoms with van der Waals surface area (Å²) >= 11 is 0. The first kappa shape index (κ1) is 19.4. The third-order valence-corrected chi connectivity index (χ3v) is 5.92. The molecule has 5 nitrogen and oxygen atoms in total. The lowest BCUT2D eigenvalue weighted by Crippen LogP contribution is -2.16. The van der Waals surface area contributed by atoms with Gasteiger partial charge in [0.05, 0.1) is 11.7 Å². The van der Waals surface area contributed by atoms with Crippen LogP contribution in [0.2, 0.25) is 0 Å². The number of hydrogen-bond donors (Lipinski definition) is 3. The van der Waals surface area contributed by atoms with E-state index in [4.69, 9.17) is 15.2 Å². The molecular weight excluding hydrogens is 386 g/mol. The average Bonchev–Trinajstić information content (AvgIpc) is 3.17. The number of nitrogens with two attached hydrogens (primary N) is 1. The minimum Gasteiger partial charge on any atom is -0.454 e. The van der Waals surface area contributed by atoms with Gasteiger partial charge in [0, 0.05) is 23.5 Å². The lowest BCUT2D eigenvalue weighted by atomic mass is 9.92. The zero-order chi connectivity index (χ0) is 21.4. The second-order valence-electron chi connectivity index (χ2n) is 8.21. The summed E-state index contributed by atoms with van der Waals surface area (Å²) in [6.07, 6.45) is 0.947. The Balaban J connectivity index is 1.58. The molecule has 4 N–H and O–H groups in total. The molecule has 1 unspecified atom stereocenters. The number of ether oxygens (including phenoxy) is 2. The SMILES string of the molecule is C/C(N)=C1/NCCC(Nc2ccc(C)cc2)c2cc(-c3ccc4c(c3)OCO4)ccc21. The second-order valence-corrected chi connectivity index (χ2v) is 8.21. The normalized spacial score (nSPS) is 18.6. The zero-order valence-electron chi connectivity index (χ0n) is 17.9. The van der Waals surface area contributed by atoms with Gasteiger partial charge in [-0.25, -0.2) is 0 Å². The highest BCUT2D eigenvalue weighted by Gasteiger charge is 2.23. The van der Waals surface area contributed by atoms with E-state index in [0.717, 1.165) is 58.2 Å². The van der Waals surface area contributed by atoms with E-state index in [1.165, 1.54) is 11.1 Å². The molecule has 31 heavy (non-hydrogen) atoms. The molecule has 0 bridgehead atoms. The Labute approximate surface area is 182 Å². The number of allylic oxidation sites excluding steroid dienone is 1. The molecule has 5 heteroatoms. The first-order chi connectivity index (χ1) is 15.1. The van der Waals surface area contributed by atoms with E-state index < -0.39 is 0 Å². The Morgan fingerprint density at radius 3 is 2.52 bits per heavy atom. The smallest absolute Gasteiger partial charge is 0.231 e. The molecule has 3 aromatic carbocycles. The highest BCUT2D eigenvalue weighted by atomic mass is 16.7. The van der Waals surface area contributed by atoms with Gasteiger partial charge in [0.1, 0.15) is 0 Å². The minimum absolute atomic E-state index is 0.163. The lowest BCUT2D eigenvalue weighted by molar-refractivity contribution is 0.174. The van der Waals surface area contributed by atoms with Crippen LogP contribution in [0.5, 0.6) is 11.5 Å². The van der Waals surface area contributed by atoms with E-state index in [1.807, 2.05) is 19.1 Å². The zero-order valence-corrected chi connectivity index (χ0v) is 17.9. The fraction of sp³-hybridized carbons (Fsp3) is 0.231. The number of benzene rings is 3. The van der Waals surface area contributed by atoms with Crippen LogP contribution in [0.15, 0.2) is 66.4 Å². The first-order valence-electron chi connectivity index (χ1n) is 10.7. The number of aryl methyl sites for hydroxylation is 1. The molecule has 0 aliphatic carbocycles. The van der Waals surface area contributed by atoms with Crippen LogP contribution in [0.1, 0.15) is 36.1 Å². The van der Waals surface area contributed by atoms with Crippen LogP contribution in [-0.4, -0.2) is 13.3 Å². The molecule has 0 spiro atoms. The molecule has 0 saturated carbocycles. The topological polar surface area (TPSA) is 68.5 Å². The molecule has 2 aliphatic heterocycles. The van der Waals surface area contributed by atoms with Gasteiger partial charge in [-0.05, 0) is 67.3 Å². The van der Waals surface area contributed by atoms with E-state index in [2.05, 4.69) is 66.1 Å². The van der Waals surface area contributed by atoms with Crippen molar-refractivity contribution >= 4 is 11.4 Å². The van der Waals surface area contributed by atoms with Gasteiger partial charge in [-0.1, -0.05) is 35.9 Å². The fourth-order valence-electron chi connectivity index (χ4n) is 4.28. The summed E-state index contributed by atoms with van der Waals surface area (Å²) < 4.78 is 11.1. The van der Waals surface area contributed by atoms with Gasteiger partial charge in [-0.3, -0.25) is 0 Å². The molecule has 0 amide bonds. The third-order valence-electron chi connectivity index (χ3n) is 5.92. The molecule has 2 aliphatic rings. The van der Waals surface area contributed by atoms with Crippen LogP contribution in [0.25, 0.3) is 16.8 Å². The van der Waals surface area contributed by atoms with Crippen LogP contribution in [0, 0.1) is 6.92 Å². The van der Waals surface area contributed by atoms with Crippen LogP contribution in [-0.2, 0) is 0 Å². The predicted octanol–water partition coefficient (Wildman–Crippen LogP) is 5.18. The van der Waals surface area contributed by atoms with Gasteiger partial charge < -0.3 is 25.8 Å². The van der Waals surface area contributed by atoms with Crippen LogP contribution < -0.4 is 25.8 Å². The van der Waals surface area contributed by atoms with Crippen molar-refractivity contribution in [1.29, 1.82) is 0 Å². The maximum absolute atomic E-state index is 6.24. The molecule has 5 rings (SSSR count). The van der Waals surface area contributed by atoms with Gasteiger partial charge in [0.15, 0.2) is 11.5 Å². The lowest BCUT2D eigenvalue weighted by Gasteiger charge is -2.22. The standard InChI is InChI=1S/C26H27N3O2/c1-16-3-7-20(8-4-16)29-23-11-12-28-26(17(2)27)21-9-5-18(13-22(21)23)19-6-10-24-25(14-19)31-15-30-24/h3-10,13-14,23,28-29H,11-12,15,27H2,1-2H3/b26-17-. The second kappa shape index (κ2) is 7.91. The van der Waals surface area contributed by atoms with Crippen LogP contribution in [0.4, 0.5) is 5.69 Å². The van der Waals surface area contributed by atoms with Crippen molar-refractivity contribution in [2.24, 2.45) is 5.73 Å². The predicted molar refractivity (Wildman–Crippen MR) is 125 cm³/mol. The van der Waals surface area contributed by atoms with Crippen molar-refractivity contribution in [3.05, 3.63) is 83.1 Å². The highest BCUT2D eigenvalue weighted by molar-refractivity contribution is 5.76. The summed E-state index contributed by atoms with van der Waals surface area (Å²) in [5, 5.41) is 7.27. The van der Waals surface area contributed by atoms with Crippen molar-refractivity contribution in [3.8, 4) is 22.6 Å². The van der Waals surface area contributed by atoms with E-state index >= 15 is 0 Å². The summed E-state index contributed by atoms with van der Waals surface area (Å²) in [6, 6.07) is 21.4. The number of hydrogen-bond acceptors (Lipinski definition) is 5. The largest absolute Gasteiger partial charge is 0.454 e. The van der Waals surface area contributed by atoms with Crippen molar-refractivity contribution in [2.75, 3.05) is 18.7 Å². The van der Waals surface area contributed by atoms with E-state index in [1.54, 1.807) is 0 Å². The summed E-state index contributed by atoms with van der Waals surface area (Å²) in [7, 11) is 0. The average molecular weight is 414 g/mol. The molecule has 1 atom stereocenters. The molecule has 0 radical (unpaired) electrons. The minimum atomic E-state index is 0.163. The summed E-state index contributed by atoms with van der Waals surface area (Å²) in [6.45, 7) is 5.18. The number of nitrogens with one attached hydrogen (secondary N) is 2. The molecule has 0 fully saturated rings. The Hall–Kier alpha value is -3.60. The van der Waals surface area contributed by atoms with Gasteiger partial charge in [0.2, 0.25) is 6.79 Å². The van der Waals surface area contributed by atoms with E-state index in [0.29, 0.717) is 0 Å². The Bertz CT molecular complexity index is 1150. The summed E-state index contributed by atoms with van der Waals surface area (Å²) in [4.78, 5) is 0. The molecule has 2 heterocycles. The summed E-state index contributed by atoms with van der Waals surface area (Å²) in [5.41, 5.74) is 15.1. The maximum atomic E-state index is 6.24. The number of rotatable bonds is 3. The van der Waals surface area contributed by atoms with Crippen molar-refractivity contribution < 1.29 is 9.47 Å². The molecule has 0 saturated heterocycles. The molecule has 3 aromatic rings. The van der Waals surface area contributed by atoms with Crippen LogP contribution in [0.3, 0.4) is 0 Å². The van der Waals surface area contributed by atoms with Gasteiger partial charge in [-0.2, -0.15) is 0 Å². The Kier molecular flexibility index (Phi) is 4.94. The Morgan fingerprint density at radius 2 is 1.71 bits per heavy atom. The van der Waals surface area contributed by atoms with E-state index in [9.17, 15) is 0 Å². The van der Waals surface area contributed by atoms with Gasteiger partial charge in [-0.15, -0.1) is 0 Å². The molecule has 0 aromatic heterocycles. The van der Waals surface area contributed by atoms with Crippen molar-refractivity contribution in [2.45, 2.75) is 26.3 Å². The Morgan fingerprint density at radius 1 is 0.968 bits per heavy atom. The first-order valence-corrected chi connectivity index (χ1v) is 10.7. The summed E-state index contributed by atoms with van der Waals surface area (Å²) in [5.74, 6) is 1.59. The number of fused-ring (bicyclic) bond motifs is 2. The van der Waals surface area contributed by atoms with Crippen LogP contribution >= 0.6 is 0 Å². The quantitative estimate of drug-likeness (QED) is 0.552. The third kappa shape index (κ3) is 3.79. The molecular formula is C26H27N3O2. The van der Waals surface area contributed by atoms with E-state index in [-0.39, 0.29) is 12.8 Å². The monoisotopic (exact) mass is 413 g/mol. The van der Waals surface area contributed by atoms with Gasteiger partial charge in [0.25, 0.3) is 0 Å². The number of anilines is 1. The highest BCUT2D eigenvalue weighted by Crippen LogP contribution is 2.39. The van der Waals surface area contributed by atoms with Crippen molar-refractivity contribution in [3.63, 3.8) is 0 Å². The fourth-order valence-corrected chi connectivity index (χ4v) is 4.28. The molecule has 158 valence electrons. The van der Waals surface area contributed by atoms with Crippen molar-refractivity contribution in [1.82, 2.24) is 5.32 Å². The van der Waals surface area contributed by atoms with Gasteiger partial charge >= 0.3 is 0 Å².